The van der Waals surface area contributed by atoms with Gasteiger partial charge in [0, 0.05) is 5.39 Å². The van der Waals surface area contributed by atoms with Crippen molar-refractivity contribution in [2.45, 2.75) is 43.8 Å². The quantitative estimate of drug-likeness (QED) is 0.863. The highest BCUT2D eigenvalue weighted by Crippen LogP contribution is 2.37. The van der Waals surface area contributed by atoms with Crippen LogP contribution in [-0.4, -0.2) is 33.8 Å². The van der Waals surface area contributed by atoms with Gasteiger partial charge in [-0.15, -0.1) is 0 Å². The number of fused-ring (bicyclic) bond motifs is 1. The van der Waals surface area contributed by atoms with Crippen molar-refractivity contribution in [3.05, 3.63) is 36.4 Å². The molecule has 1 aliphatic heterocycles. The third kappa shape index (κ3) is 2.65. The molecule has 0 amide bonds. The Hall–Kier alpha value is -1.41. The molecule has 1 fully saturated rings. The van der Waals surface area contributed by atoms with Gasteiger partial charge in [-0.2, -0.15) is 0 Å². The van der Waals surface area contributed by atoms with Gasteiger partial charge in [0.05, 0.1) is 16.1 Å². The average molecular weight is 347 g/mol. The lowest BCUT2D eigenvalue weighted by Crippen LogP contribution is -2.41. The second kappa shape index (κ2) is 5.56. The van der Waals surface area contributed by atoms with Gasteiger partial charge in [0.25, 0.3) is 0 Å². The van der Waals surface area contributed by atoms with Gasteiger partial charge in [-0.25, -0.2) is 13.1 Å². The van der Waals surface area contributed by atoms with Crippen molar-refractivity contribution in [2.24, 2.45) is 0 Å². The normalized spacial score (nSPS) is 19.8. The van der Waals surface area contributed by atoms with Crippen molar-refractivity contribution in [3.63, 3.8) is 0 Å². The third-order valence-electron chi connectivity index (χ3n) is 4.98. The van der Waals surface area contributed by atoms with Crippen LogP contribution in [0.1, 0.15) is 27.7 Å². The van der Waals surface area contributed by atoms with E-state index in [9.17, 15) is 8.42 Å². The van der Waals surface area contributed by atoms with Crippen LogP contribution in [0.25, 0.3) is 10.8 Å². The summed E-state index contributed by atoms with van der Waals surface area (Å²) in [5, 5.41) is 1.46. The molecule has 5 nitrogen and oxygen atoms in total. The lowest BCUT2D eigenvalue weighted by atomic mass is 9.76. The maximum atomic E-state index is 12.3. The molecule has 0 atom stereocenters. The van der Waals surface area contributed by atoms with Crippen LogP contribution in [-0.2, 0) is 19.3 Å². The van der Waals surface area contributed by atoms with Gasteiger partial charge in [-0.05, 0) is 51.7 Å². The average Bonchev–Trinajstić information content (AvgIpc) is 2.74. The van der Waals surface area contributed by atoms with Gasteiger partial charge in [0.15, 0.2) is 0 Å². The summed E-state index contributed by atoms with van der Waals surface area (Å²) in [5.41, 5.74) is -0.0671. The Morgan fingerprint density at radius 1 is 0.917 bits per heavy atom. The summed E-state index contributed by atoms with van der Waals surface area (Å²) < 4.78 is 39.2. The second-order valence-corrected chi connectivity index (χ2v) is 8.85. The fourth-order valence-corrected chi connectivity index (χ4v) is 3.75. The topological polar surface area (TPSA) is 64.6 Å². The SMILES string of the molecule is CNS(=O)(=O)c1ccc(B2OC(C)(C)C(C)(C)O2)c2ccccc12. The first kappa shape index (κ1) is 17.4. The molecule has 1 aliphatic rings. The van der Waals surface area contributed by atoms with Crippen molar-refractivity contribution < 1.29 is 17.7 Å². The molecule has 0 spiro atoms. The molecule has 0 saturated carbocycles. The van der Waals surface area contributed by atoms with E-state index in [1.807, 2.05) is 45.9 Å². The summed E-state index contributed by atoms with van der Waals surface area (Å²) in [7, 11) is -2.67. The highest BCUT2D eigenvalue weighted by atomic mass is 32.2. The van der Waals surface area contributed by atoms with Crippen LogP contribution >= 0.6 is 0 Å². The van der Waals surface area contributed by atoms with Crippen LogP contribution in [0.3, 0.4) is 0 Å². The Balaban J connectivity index is 2.18. The molecule has 2 aromatic carbocycles. The Labute approximate surface area is 143 Å². The Morgan fingerprint density at radius 3 is 2.00 bits per heavy atom. The standard InChI is InChI=1S/C17H22BNO4S/c1-16(2)17(3,4)23-18(22-16)14-10-11-15(24(20,21)19-5)13-9-7-6-8-12(13)14/h6-11,19H,1-5H3. The van der Waals surface area contributed by atoms with E-state index in [0.29, 0.717) is 5.39 Å². The molecule has 128 valence electrons. The van der Waals surface area contributed by atoms with E-state index in [-0.39, 0.29) is 4.90 Å². The first-order chi connectivity index (χ1) is 11.1. The van der Waals surface area contributed by atoms with E-state index >= 15 is 0 Å². The summed E-state index contributed by atoms with van der Waals surface area (Å²) in [6, 6.07) is 10.8. The number of rotatable bonds is 3. The Bertz CT molecular complexity index is 877. The van der Waals surface area contributed by atoms with Gasteiger partial charge in [-0.1, -0.05) is 30.3 Å². The minimum atomic E-state index is -3.54. The number of nitrogens with one attached hydrogen (secondary N) is 1. The first-order valence-electron chi connectivity index (χ1n) is 7.90. The predicted molar refractivity (Wildman–Crippen MR) is 95.9 cm³/mol. The molecule has 2 aromatic rings. The molecule has 3 rings (SSSR count). The number of hydrogen-bond donors (Lipinski definition) is 1. The monoisotopic (exact) mass is 347 g/mol. The number of hydrogen-bond acceptors (Lipinski definition) is 4. The van der Waals surface area contributed by atoms with Crippen LogP contribution in [0.15, 0.2) is 41.3 Å². The minimum Gasteiger partial charge on any atom is -0.399 e. The molecule has 1 heterocycles. The van der Waals surface area contributed by atoms with E-state index in [1.165, 1.54) is 7.05 Å². The van der Waals surface area contributed by atoms with Gasteiger partial charge >= 0.3 is 7.12 Å². The Morgan fingerprint density at radius 2 is 1.46 bits per heavy atom. The van der Waals surface area contributed by atoms with E-state index in [2.05, 4.69) is 4.72 Å². The zero-order valence-electron chi connectivity index (χ0n) is 14.6. The molecule has 0 radical (unpaired) electrons. The molecule has 7 heteroatoms. The zero-order chi connectivity index (χ0) is 17.8. The maximum Gasteiger partial charge on any atom is 0.495 e. The number of benzene rings is 2. The fraction of sp³-hybridized carbons (Fsp3) is 0.412. The summed E-state index contributed by atoms with van der Waals surface area (Å²) >= 11 is 0. The van der Waals surface area contributed by atoms with Crippen molar-refractivity contribution in [1.82, 2.24) is 4.72 Å². The molecular formula is C17H22BNO4S. The second-order valence-electron chi connectivity index (χ2n) is 6.99. The van der Waals surface area contributed by atoms with Gasteiger partial charge < -0.3 is 9.31 Å². The van der Waals surface area contributed by atoms with Crippen molar-refractivity contribution in [2.75, 3.05) is 7.05 Å². The smallest absolute Gasteiger partial charge is 0.399 e. The maximum absolute atomic E-state index is 12.3. The summed E-state index contributed by atoms with van der Waals surface area (Å²) in [4.78, 5) is 0.251. The van der Waals surface area contributed by atoms with E-state index < -0.39 is 28.3 Å². The lowest BCUT2D eigenvalue weighted by molar-refractivity contribution is 0.00578. The highest BCUT2D eigenvalue weighted by Gasteiger charge is 2.52. The molecule has 0 aliphatic carbocycles. The van der Waals surface area contributed by atoms with E-state index in [4.69, 9.17) is 9.31 Å². The molecule has 0 aromatic heterocycles. The largest absolute Gasteiger partial charge is 0.495 e. The van der Waals surface area contributed by atoms with E-state index in [1.54, 1.807) is 18.2 Å². The van der Waals surface area contributed by atoms with Crippen LogP contribution in [0.4, 0.5) is 0 Å². The molecule has 24 heavy (non-hydrogen) atoms. The van der Waals surface area contributed by atoms with Crippen LogP contribution in [0.2, 0.25) is 0 Å². The lowest BCUT2D eigenvalue weighted by Gasteiger charge is -2.32. The van der Waals surface area contributed by atoms with Crippen molar-refractivity contribution in [3.8, 4) is 0 Å². The van der Waals surface area contributed by atoms with Crippen LogP contribution in [0.5, 0.6) is 0 Å². The first-order valence-corrected chi connectivity index (χ1v) is 9.38. The minimum absolute atomic E-state index is 0.251. The fourth-order valence-electron chi connectivity index (χ4n) is 2.81. The van der Waals surface area contributed by atoms with Crippen molar-refractivity contribution in [1.29, 1.82) is 0 Å². The number of sulfonamides is 1. The van der Waals surface area contributed by atoms with Gasteiger partial charge in [0.2, 0.25) is 10.0 Å². The predicted octanol–water partition coefficient (Wildman–Crippen LogP) is 2.05. The summed E-state index contributed by atoms with van der Waals surface area (Å²) in [5.74, 6) is 0. The molecule has 1 N–H and O–H groups in total. The van der Waals surface area contributed by atoms with Gasteiger partial charge in [-0.3, -0.25) is 0 Å². The molecule has 1 saturated heterocycles. The zero-order valence-corrected chi connectivity index (χ0v) is 15.4. The van der Waals surface area contributed by atoms with Crippen molar-refractivity contribution >= 4 is 33.4 Å². The molecule has 0 bridgehead atoms. The summed E-state index contributed by atoms with van der Waals surface area (Å²) in [6.07, 6.45) is 0. The summed E-state index contributed by atoms with van der Waals surface area (Å²) in [6.45, 7) is 7.98. The molecular weight excluding hydrogens is 325 g/mol. The highest BCUT2D eigenvalue weighted by molar-refractivity contribution is 7.89. The van der Waals surface area contributed by atoms with Gasteiger partial charge in [0.1, 0.15) is 0 Å². The Kier molecular flexibility index (Phi) is 4.03. The van der Waals surface area contributed by atoms with Crippen LogP contribution in [0, 0.1) is 0 Å². The van der Waals surface area contributed by atoms with E-state index in [0.717, 1.165) is 10.8 Å². The van der Waals surface area contributed by atoms with Crippen LogP contribution < -0.4 is 10.2 Å². The third-order valence-corrected chi connectivity index (χ3v) is 6.46. The molecule has 0 unspecified atom stereocenters.